The number of ether oxygens (including phenoxy) is 2. The monoisotopic (exact) mass is 549 g/mol. The first-order valence-corrected chi connectivity index (χ1v) is 14.7. The van der Waals surface area contributed by atoms with Crippen LogP contribution in [0.2, 0.25) is 0 Å². The molecule has 0 amide bonds. The van der Waals surface area contributed by atoms with E-state index in [1.165, 1.54) is 11.1 Å². The van der Waals surface area contributed by atoms with Crippen molar-refractivity contribution in [3.63, 3.8) is 0 Å². The average molecular weight is 550 g/mol. The number of aliphatic hydroxyl groups is 1. The Morgan fingerprint density at radius 1 is 1.25 bits per heavy atom. The Morgan fingerprint density at radius 3 is 2.77 bits per heavy atom. The third kappa shape index (κ3) is 5.89. The number of carbonyl (C=O) groups excluding carboxylic acids is 1. The fraction of sp³-hybridized carbons (Fsp3) is 0.581. The van der Waals surface area contributed by atoms with Gasteiger partial charge < -0.3 is 19.9 Å². The number of nitrogens with zero attached hydrogens (tertiary/aromatic N) is 3. The minimum Gasteiger partial charge on any atom is -0.512 e. The molecule has 0 bridgehead atoms. The minimum absolute atomic E-state index is 0.131. The maximum Gasteiger partial charge on any atom is 0.338 e. The van der Waals surface area contributed by atoms with E-state index in [2.05, 4.69) is 45.9 Å². The summed E-state index contributed by atoms with van der Waals surface area (Å²) in [6.45, 7) is 7.50. The minimum atomic E-state index is -0.696. The van der Waals surface area contributed by atoms with Crippen LogP contribution >= 0.6 is 0 Å². The molecule has 3 aliphatic heterocycles. The molecule has 1 aromatic carbocycles. The van der Waals surface area contributed by atoms with Crippen molar-refractivity contribution < 1.29 is 19.4 Å². The third-order valence-electron chi connectivity index (χ3n) is 8.62. The standard InChI is InChI=1S/C31H43N5O4/c1-5-23-17-22(10-11-27(23)39-15-14-32-4)12-13-31(24-8-6-7-9-24)19-26(37)25(29(38)40-31)18-28-34-30-33-20(2)16-21(3)36(30)35-28/h10-11,16-17,24,30,32,37H,5-9,12-15,18-19H2,1-4H3,(H,34,35). The van der Waals surface area contributed by atoms with Gasteiger partial charge in [-0.2, -0.15) is 0 Å². The SMILES string of the molecule is CCc1cc(CCC2(C3CCCC3)CC(O)=C(CC3=NC4N=C(C)C=C(C)N4N3)C(=O)O2)ccc1OCCNC. The molecule has 4 aliphatic rings. The van der Waals surface area contributed by atoms with Gasteiger partial charge in [0.2, 0.25) is 6.29 Å². The van der Waals surface area contributed by atoms with Gasteiger partial charge in [-0.1, -0.05) is 31.9 Å². The molecular weight excluding hydrogens is 506 g/mol. The lowest BCUT2D eigenvalue weighted by Crippen LogP contribution is -2.46. The van der Waals surface area contributed by atoms with E-state index >= 15 is 0 Å². The summed E-state index contributed by atoms with van der Waals surface area (Å²) in [5.41, 5.74) is 7.13. The van der Waals surface area contributed by atoms with Crippen LogP contribution in [-0.4, -0.2) is 59.7 Å². The van der Waals surface area contributed by atoms with Crippen molar-refractivity contribution in [2.24, 2.45) is 15.9 Å². The summed E-state index contributed by atoms with van der Waals surface area (Å²) in [5, 5.41) is 16.3. The molecule has 3 N–H and O–H groups in total. The fourth-order valence-corrected chi connectivity index (χ4v) is 6.44. The highest BCUT2D eigenvalue weighted by atomic mass is 16.6. The number of carbonyl (C=O) groups is 1. The number of allylic oxidation sites excluding steroid dienone is 2. The van der Waals surface area contributed by atoms with Gasteiger partial charge in [0.05, 0.1) is 5.57 Å². The predicted molar refractivity (Wildman–Crippen MR) is 156 cm³/mol. The van der Waals surface area contributed by atoms with Crippen LogP contribution in [0.25, 0.3) is 0 Å². The Kier molecular flexibility index (Phi) is 8.49. The van der Waals surface area contributed by atoms with Crippen molar-refractivity contribution in [3.05, 3.63) is 52.4 Å². The number of likely N-dealkylation sites (N-methyl/N-ethyl adjacent to an activating group) is 1. The second-order valence-corrected chi connectivity index (χ2v) is 11.4. The summed E-state index contributed by atoms with van der Waals surface area (Å²) in [6, 6.07) is 6.38. The topological polar surface area (TPSA) is 108 Å². The van der Waals surface area contributed by atoms with Gasteiger partial charge in [-0.05, 0) is 82.2 Å². The Hall–Kier alpha value is -3.33. The van der Waals surface area contributed by atoms with Crippen molar-refractivity contribution >= 4 is 17.5 Å². The lowest BCUT2D eigenvalue weighted by atomic mass is 9.76. The van der Waals surface area contributed by atoms with E-state index < -0.39 is 11.6 Å². The smallest absolute Gasteiger partial charge is 0.338 e. The van der Waals surface area contributed by atoms with E-state index in [0.29, 0.717) is 30.9 Å². The zero-order valence-electron chi connectivity index (χ0n) is 24.3. The number of aliphatic hydroxyl groups excluding tert-OH is 1. The molecule has 0 spiro atoms. The first kappa shape index (κ1) is 28.2. The van der Waals surface area contributed by atoms with E-state index in [0.717, 1.165) is 62.2 Å². The van der Waals surface area contributed by atoms with Crippen molar-refractivity contribution in [3.8, 4) is 5.75 Å². The quantitative estimate of drug-likeness (QED) is 0.270. The molecule has 40 heavy (non-hydrogen) atoms. The van der Waals surface area contributed by atoms with Crippen LogP contribution in [0.1, 0.15) is 76.8 Å². The number of fused-ring (bicyclic) bond motifs is 1. The molecule has 0 aromatic heterocycles. The maximum atomic E-state index is 13.5. The number of aliphatic imine (C=N–C) groups is 2. The highest BCUT2D eigenvalue weighted by molar-refractivity contribution is 5.99. The van der Waals surface area contributed by atoms with E-state index in [4.69, 9.17) is 9.47 Å². The Balaban J connectivity index is 1.31. The van der Waals surface area contributed by atoms with Gasteiger partial charge in [-0.25, -0.2) is 19.8 Å². The normalized spacial score (nSPS) is 24.8. The van der Waals surface area contributed by atoms with E-state index in [-0.39, 0.29) is 24.4 Å². The maximum absolute atomic E-state index is 13.5. The van der Waals surface area contributed by atoms with E-state index in [1.807, 2.05) is 32.0 Å². The number of nitrogens with one attached hydrogen (secondary N) is 2. The van der Waals surface area contributed by atoms with Crippen molar-refractivity contribution in [1.29, 1.82) is 0 Å². The summed E-state index contributed by atoms with van der Waals surface area (Å²) in [5.74, 6) is 1.47. The number of rotatable bonds is 11. The lowest BCUT2D eigenvalue weighted by Gasteiger charge is -2.42. The molecule has 1 aromatic rings. The van der Waals surface area contributed by atoms with Gasteiger partial charge in [-0.15, -0.1) is 0 Å². The van der Waals surface area contributed by atoms with Crippen LogP contribution in [-0.2, 0) is 22.4 Å². The number of hydrazine groups is 1. The van der Waals surface area contributed by atoms with Crippen molar-refractivity contribution in [2.45, 2.75) is 90.4 Å². The number of hydrogen-bond acceptors (Lipinski definition) is 9. The third-order valence-corrected chi connectivity index (χ3v) is 8.62. The summed E-state index contributed by atoms with van der Waals surface area (Å²) < 4.78 is 12.3. The molecule has 9 nitrogen and oxygen atoms in total. The molecule has 3 heterocycles. The van der Waals surface area contributed by atoms with Crippen LogP contribution in [0.5, 0.6) is 5.75 Å². The summed E-state index contributed by atoms with van der Waals surface area (Å²) in [4.78, 5) is 22.7. The number of amidine groups is 1. The van der Waals surface area contributed by atoms with Gasteiger partial charge in [0, 0.05) is 30.8 Å². The van der Waals surface area contributed by atoms with Gasteiger partial charge >= 0.3 is 5.97 Å². The van der Waals surface area contributed by atoms with Crippen molar-refractivity contribution in [1.82, 2.24) is 15.8 Å². The summed E-state index contributed by atoms with van der Waals surface area (Å²) in [7, 11) is 1.92. The van der Waals surface area contributed by atoms with Crippen LogP contribution in [0.15, 0.2) is 51.3 Å². The highest BCUT2D eigenvalue weighted by Crippen LogP contribution is 2.46. The molecule has 1 saturated carbocycles. The molecule has 5 rings (SSSR count). The van der Waals surface area contributed by atoms with Gasteiger partial charge in [0.25, 0.3) is 0 Å². The number of benzene rings is 1. The van der Waals surface area contributed by atoms with Gasteiger partial charge in [0.1, 0.15) is 29.6 Å². The van der Waals surface area contributed by atoms with Gasteiger partial charge in [-0.3, -0.25) is 5.43 Å². The molecule has 2 atom stereocenters. The van der Waals surface area contributed by atoms with Crippen LogP contribution in [0, 0.1) is 5.92 Å². The van der Waals surface area contributed by atoms with E-state index in [1.54, 1.807) is 0 Å². The Bertz CT molecular complexity index is 1250. The molecule has 1 fully saturated rings. The Morgan fingerprint density at radius 2 is 2.05 bits per heavy atom. The summed E-state index contributed by atoms with van der Waals surface area (Å²) in [6.07, 6.45) is 8.76. The second kappa shape index (κ2) is 12.0. The largest absolute Gasteiger partial charge is 0.512 e. The molecule has 9 heteroatoms. The zero-order chi connectivity index (χ0) is 28.3. The molecule has 2 unspecified atom stereocenters. The van der Waals surface area contributed by atoms with Crippen LogP contribution in [0.4, 0.5) is 0 Å². The molecule has 216 valence electrons. The first-order valence-electron chi connectivity index (χ1n) is 14.7. The number of cyclic esters (lactones) is 1. The lowest BCUT2D eigenvalue weighted by molar-refractivity contribution is -0.167. The molecule has 1 aliphatic carbocycles. The van der Waals surface area contributed by atoms with Crippen LogP contribution < -0.4 is 15.5 Å². The highest BCUT2D eigenvalue weighted by Gasteiger charge is 2.48. The second-order valence-electron chi connectivity index (χ2n) is 11.4. The number of esters is 1. The average Bonchev–Trinajstić information content (AvgIpc) is 3.61. The zero-order valence-corrected chi connectivity index (χ0v) is 24.3. The van der Waals surface area contributed by atoms with Crippen molar-refractivity contribution in [2.75, 3.05) is 20.2 Å². The molecular formula is C31H43N5O4. The Labute approximate surface area is 237 Å². The first-order chi connectivity index (χ1) is 19.3. The molecule has 0 radical (unpaired) electrons. The summed E-state index contributed by atoms with van der Waals surface area (Å²) >= 11 is 0. The number of aryl methyl sites for hydroxylation is 2. The van der Waals surface area contributed by atoms with Crippen LogP contribution in [0.3, 0.4) is 0 Å². The molecule has 0 saturated heterocycles. The fourth-order valence-electron chi connectivity index (χ4n) is 6.44. The number of hydrogen-bond donors (Lipinski definition) is 3. The van der Waals surface area contributed by atoms with E-state index in [9.17, 15) is 9.90 Å². The van der Waals surface area contributed by atoms with Gasteiger partial charge in [0.15, 0.2) is 0 Å². The predicted octanol–water partition coefficient (Wildman–Crippen LogP) is 4.74.